The number of hydrogen-bond acceptors (Lipinski definition) is 6. The molecule has 0 saturated heterocycles. The standard InChI is InChI=1S/C69H126O6/c1-4-7-10-13-16-19-22-25-27-29-31-33-34-36-37-39-41-44-47-50-53-56-59-62-68(71)74-65-66(64-73-67(70)61-58-55-52-49-46-43-24-21-18-15-12-9-6-3)75-69(72)63-60-57-54-51-48-45-42-40-38-35-32-30-28-26-23-20-17-14-11-8-5-2/h22,25,29-32,34,36,66H,4-21,23-24,26-28,33,35,37-65H2,1-3H3/b25-22-,31-29-,32-30-,36-34-. The molecule has 0 aromatic rings. The number of allylic oxidation sites excluding steroid dienone is 8. The van der Waals surface area contributed by atoms with Crippen molar-refractivity contribution in [3.63, 3.8) is 0 Å². The molecule has 0 fully saturated rings. The molecule has 0 spiro atoms. The van der Waals surface area contributed by atoms with Gasteiger partial charge in [-0.3, -0.25) is 14.4 Å². The van der Waals surface area contributed by atoms with Crippen molar-refractivity contribution in [3.05, 3.63) is 48.6 Å². The molecule has 0 saturated carbocycles. The lowest BCUT2D eigenvalue weighted by Crippen LogP contribution is -2.30. The second-order valence-electron chi connectivity index (χ2n) is 22.4. The lowest BCUT2D eigenvalue weighted by Gasteiger charge is -2.18. The maximum atomic E-state index is 12.9. The Labute approximate surface area is 467 Å². The summed E-state index contributed by atoms with van der Waals surface area (Å²) in [5.41, 5.74) is 0. The normalized spacial score (nSPS) is 12.3. The van der Waals surface area contributed by atoms with Crippen molar-refractivity contribution in [1.82, 2.24) is 0 Å². The molecule has 0 amide bonds. The molecule has 6 nitrogen and oxygen atoms in total. The predicted octanol–water partition coefficient (Wildman–Crippen LogP) is 22.6. The highest BCUT2D eigenvalue weighted by Crippen LogP contribution is 2.17. The van der Waals surface area contributed by atoms with Gasteiger partial charge >= 0.3 is 17.9 Å². The van der Waals surface area contributed by atoms with Gasteiger partial charge in [0.15, 0.2) is 6.10 Å². The fraction of sp³-hybridized carbons (Fsp3) is 0.841. The van der Waals surface area contributed by atoms with Gasteiger partial charge in [0.05, 0.1) is 0 Å². The summed E-state index contributed by atoms with van der Waals surface area (Å²) in [4.78, 5) is 38.3. The van der Waals surface area contributed by atoms with E-state index in [1.807, 2.05) is 0 Å². The summed E-state index contributed by atoms with van der Waals surface area (Å²) in [5, 5.41) is 0. The number of carbonyl (C=O) groups is 3. The van der Waals surface area contributed by atoms with E-state index in [9.17, 15) is 14.4 Å². The summed E-state index contributed by atoms with van der Waals surface area (Å²) >= 11 is 0. The van der Waals surface area contributed by atoms with Crippen LogP contribution in [0.15, 0.2) is 48.6 Å². The van der Waals surface area contributed by atoms with Crippen LogP contribution in [0.5, 0.6) is 0 Å². The lowest BCUT2D eigenvalue weighted by molar-refractivity contribution is -0.167. The average molecular weight is 1050 g/mol. The molecule has 1 atom stereocenters. The van der Waals surface area contributed by atoms with Crippen molar-refractivity contribution in [2.75, 3.05) is 13.2 Å². The van der Waals surface area contributed by atoms with Gasteiger partial charge in [0.25, 0.3) is 0 Å². The zero-order chi connectivity index (χ0) is 54.3. The highest BCUT2D eigenvalue weighted by atomic mass is 16.6. The number of unbranched alkanes of at least 4 members (excludes halogenated alkanes) is 42. The molecular formula is C69H126O6. The number of carbonyl (C=O) groups excluding carboxylic acids is 3. The molecule has 0 rings (SSSR count). The van der Waals surface area contributed by atoms with Crippen molar-refractivity contribution in [2.24, 2.45) is 0 Å². The van der Waals surface area contributed by atoms with Crippen molar-refractivity contribution in [3.8, 4) is 0 Å². The van der Waals surface area contributed by atoms with Gasteiger partial charge in [0.1, 0.15) is 13.2 Å². The van der Waals surface area contributed by atoms with Crippen LogP contribution < -0.4 is 0 Å². The van der Waals surface area contributed by atoms with Gasteiger partial charge in [0, 0.05) is 19.3 Å². The Bertz CT molecular complexity index is 1300. The van der Waals surface area contributed by atoms with Gasteiger partial charge in [-0.05, 0) is 83.5 Å². The second-order valence-corrected chi connectivity index (χ2v) is 22.4. The maximum Gasteiger partial charge on any atom is 0.306 e. The van der Waals surface area contributed by atoms with Crippen LogP contribution in [0.3, 0.4) is 0 Å². The summed E-state index contributed by atoms with van der Waals surface area (Å²) in [6.45, 7) is 6.67. The van der Waals surface area contributed by atoms with Gasteiger partial charge in [-0.1, -0.05) is 301 Å². The average Bonchev–Trinajstić information content (AvgIpc) is 3.41. The third-order valence-electron chi connectivity index (χ3n) is 14.8. The molecule has 1 unspecified atom stereocenters. The van der Waals surface area contributed by atoms with E-state index in [1.165, 1.54) is 238 Å². The number of rotatable bonds is 61. The zero-order valence-corrected chi connectivity index (χ0v) is 50.3. The van der Waals surface area contributed by atoms with Gasteiger partial charge in [0.2, 0.25) is 0 Å². The Balaban J connectivity index is 4.31. The second kappa shape index (κ2) is 63.9. The molecule has 438 valence electrons. The molecule has 0 bridgehead atoms. The molecule has 75 heavy (non-hydrogen) atoms. The van der Waals surface area contributed by atoms with Crippen LogP contribution in [0.4, 0.5) is 0 Å². The molecule has 6 heteroatoms. The highest BCUT2D eigenvalue weighted by molar-refractivity contribution is 5.71. The summed E-state index contributed by atoms with van der Waals surface area (Å²) < 4.78 is 17.0. The molecule has 0 aliphatic carbocycles. The van der Waals surface area contributed by atoms with Crippen LogP contribution in [-0.2, 0) is 28.6 Å². The molecule has 0 radical (unpaired) electrons. The zero-order valence-electron chi connectivity index (χ0n) is 50.3. The van der Waals surface area contributed by atoms with Crippen LogP contribution in [0.1, 0.15) is 355 Å². The molecule has 0 aliphatic heterocycles. The first-order chi connectivity index (χ1) is 37.0. The Morgan fingerprint density at radius 2 is 0.480 bits per heavy atom. The van der Waals surface area contributed by atoms with Crippen molar-refractivity contribution in [2.45, 2.75) is 361 Å². The van der Waals surface area contributed by atoms with Crippen molar-refractivity contribution < 1.29 is 28.6 Å². The minimum absolute atomic E-state index is 0.0724. The van der Waals surface area contributed by atoms with E-state index in [4.69, 9.17) is 14.2 Å². The van der Waals surface area contributed by atoms with Crippen molar-refractivity contribution >= 4 is 17.9 Å². The van der Waals surface area contributed by atoms with Crippen LogP contribution in [0.2, 0.25) is 0 Å². The third-order valence-corrected chi connectivity index (χ3v) is 14.8. The minimum Gasteiger partial charge on any atom is -0.462 e. The molecule has 0 N–H and O–H groups in total. The topological polar surface area (TPSA) is 78.9 Å². The molecule has 0 heterocycles. The van der Waals surface area contributed by atoms with Gasteiger partial charge in [-0.25, -0.2) is 0 Å². The first-order valence-corrected chi connectivity index (χ1v) is 33.1. The van der Waals surface area contributed by atoms with Crippen LogP contribution in [0, 0.1) is 0 Å². The molecule has 0 aromatic carbocycles. The minimum atomic E-state index is -0.776. The molecule has 0 aliphatic rings. The highest BCUT2D eigenvalue weighted by Gasteiger charge is 2.19. The lowest BCUT2D eigenvalue weighted by atomic mass is 10.0. The van der Waals surface area contributed by atoms with Crippen molar-refractivity contribution in [1.29, 1.82) is 0 Å². The van der Waals surface area contributed by atoms with E-state index in [0.717, 1.165) is 77.0 Å². The van der Waals surface area contributed by atoms with Crippen LogP contribution >= 0.6 is 0 Å². The fourth-order valence-corrected chi connectivity index (χ4v) is 9.80. The molecule has 0 aromatic heterocycles. The smallest absolute Gasteiger partial charge is 0.306 e. The van der Waals surface area contributed by atoms with E-state index >= 15 is 0 Å². The van der Waals surface area contributed by atoms with E-state index in [0.29, 0.717) is 19.3 Å². The summed E-state index contributed by atoms with van der Waals surface area (Å²) in [5.74, 6) is -0.860. The van der Waals surface area contributed by atoms with Gasteiger partial charge in [-0.15, -0.1) is 0 Å². The first kappa shape index (κ1) is 72.4. The Kier molecular flexibility index (Phi) is 61.7. The number of esters is 3. The predicted molar refractivity (Wildman–Crippen MR) is 325 cm³/mol. The number of ether oxygens (including phenoxy) is 3. The summed E-state index contributed by atoms with van der Waals surface area (Å²) in [7, 11) is 0. The van der Waals surface area contributed by atoms with Gasteiger partial charge in [-0.2, -0.15) is 0 Å². The monoisotopic (exact) mass is 1050 g/mol. The van der Waals surface area contributed by atoms with Crippen LogP contribution in [-0.4, -0.2) is 37.2 Å². The van der Waals surface area contributed by atoms with E-state index in [1.54, 1.807) is 0 Å². The molecular weight excluding hydrogens is 925 g/mol. The summed E-state index contributed by atoms with van der Waals surface area (Å²) in [6, 6.07) is 0. The Morgan fingerprint density at radius 3 is 0.760 bits per heavy atom. The van der Waals surface area contributed by atoms with E-state index in [2.05, 4.69) is 69.4 Å². The van der Waals surface area contributed by atoms with Crippen LogP contribution in [0.25, 0.3) is 0 Å². The largest absolute Gasteiger partial charge is 0.462 e. The Morgan fingerprint density at radius 1 is 0.267 bits per heavy atom. The third kappa shape index (κ3) is 62.1. The van der Waals surface area contributed by atoms with E-state index in [-0.39, 0.29) is 31.1 Å². The number of hydrogen-bond donors (Lipinski definition) is 0. The quantitative estimate of drug-likeness (QED) is 0.0261. The van der Waals surface area contributed by atoms with Gasteiger partial charge < -0.3 is 14.2 Å². The fourth-order valence-electron chi connectivity index (χ4n) is 9.80. The summed E-state index contributed by atoms with van der Waals surface area (Å²) in [6.07, 6.45) is 79.7. The maximum absolute atomic E-state index is 12.9. The SMILES string of the molecule is CCCCCCC/C=C\C/C=C\C/C=C\CCCCCCCCCCC(=O)OCC(COC(=O)CCCCCCCCCCCCCCC)OC(=O)CCCCCCCCCCC/C=C\CCCCCCCCCC. The Hall–Kier alpha value is -2.63. The first-order valence-electron chi connectivity index (χ1n) is 33.1. The van der Waals surface area contributed by atoms with E-state index < -0.39 is 6.10 Å².